The summed E-state index contributed by atoms with van der Waals surface area (Å²) in [6, 6.07) is 0. The van der Waals surface area contributed by atoms with Gasteiger partial charge < -0.3 is 11.5 Å². The number of hydrogen-bond donors (Lipinski definition) is 2. The van der Waals surface area contributed by atoms with E-state index in [1.54, 1.807) is 0 Å². The summed E-state index contributed by atoms with van der Waals surface area (Å²) in [7, 11) is 0. The molecule has 0 fully saturated rings. The van der Waals surface area contributed by atoms with Gasteiger partial charge in [-0.15, -0.1) is 11.6 Å². The zero-order valence-electron chi connectivity index (χ0n) is 9.07. The third-order valence-electron chi connectivity index (χ3n) is 2.51. The Morgan fingerprint density at radius 3 is 2.00 bits per heavy atom. The summed E-state index contributed by atoms with van der Waals surface area (Å²) in [6.07, 6.45) is 2.01. The van der Waals surface area contributed by atoms with E-state index in [1.807, 2.05) is 0 Å². The SMILES string of the molecule is CC(C)(CCl)CC(C)(CN)CCN. The molecule has 3 heteroatoms. The maximum Gasteiger partial charge on any atom is 0.0274 e. The minimum Gasteiger partial charge on any atom is -0.330 e. The molecule has 0 heterocycles. The van der Waals surface area contributed by atoms with Gasteiger partial charge in [-0.3, -0.25) is 0 Å². The third-order valence-corrected chi connectivity index (χ3v) is 3.23. The van der Waals surface area contributed by atoms with E-state index in [-0.39, 0.29) is 10.8 Å². The first-order valence-corrected chi connectivity index (χ1v) is 5.39. The van der Waals surface area contributed by atoms with Crippen LogP contribution in [0.2, 0.25) is 0 Å². The van der Waals surface area contributed by atoms with E-state index in [0.29, 0.717) is 19.0 Å². The lowest BCUT2D eigenvalue weighted by Gasteiger charge is -2.35. The lowest BCUT2D eigenvalue weighted by Crippen LogP contribution is -2.35. The van der Waals surface area contributed by atoms with E-state index in [1.165, 1.54) is 0 Å². The molecular formula is C10H23ClN2. The van der Waals surface area contributed by atoms with Crippen LogP contribution in [-0.4, -0.2) is 19.0 Å². The molecule has 0 aromatic heterocycles. The van der Waals surface area contributed by atoms with Crippen molar-refractivity contribution in [2.24, 2.45) is 22.3 Å². The smallest absolute Gasteiger partial charge is 0.0274 e. The molecule has 2 nitrogen and oxygen atoms in total. The molecule has 0 amide bonds. The van der Waals surface area contributed by atoms with E-state index in [4.69, 9.17) is 23.1 Å². The zero-order chi connectivity index (χ0) is 10.5. The second-order valence-electron chi connectivity index (χ2n) is 5.03. The van der Waals surface area contributed by atoms with Crippen LogP contribution in [0.25, 0.3) is 0 Å². The molecule has 0 rings (SSSR count). The van der Waals surface area contributed by atoms with Crippen LogP contribution in [0.15, 0.2) is 0 Å². The van der Waals surface area contributed by atoms with Gasteiger partial charge in [0.25, 0.3) is 0 Å². The number of rotatable bonds is 6. The minimum absolute atomic E-state index is 0.146. The fourth-order valence-electron chi connectivity index (χ4n) is 1.81. The average molecular weight is 207 g/mol. The number of halogens is 1. The molecule has 0 aromatic carbocycles. The predicted octanol–water partition coefficient (Wildman–Crippen LogP) is 1.96. The van der Waals surface area contributed by atoms with Gasteiger partial charge in [-0.2, -0.15) is 0 Å². The van der Waals surface area contributed by atoms with Crippen molar-refractivity contribution in [3.63, 3.8) is 0 Å². The molecule has 4 N–H and O–H groups in total. The molecule has 0 radical (unpaired) electrons. The summed E-state index contributed by atoms with van der Waals surface area (Å²) in [5.41, 5.74) is 11.6. The van der Waals surface area contributed by atoms with Crippen molar-refractivity contribution in [3.05, 3.63) is 0 Å². The lowest BCUT2D eigenvalue weighted by molar-refractivity contribution is 0.191. The van der Waals surface area contributed by atoms with Crippen molar-refractivity contribution in [1.29, 1.82) is 0 Å². The van der Waals surface area contributed by atoms with Crippen molar-refractivity contribution in [1.82, 2.24) is 0 Å². The lowest BCUT2D eigenvalue weighted by atomic mass is 9.73. The van der Waals surface area contributed by atoms with Crippen LogP contribution in [0.1, 0.15) is 33.6 Å². The van der Waals surface area contributed by atoms with E-state index in [9.17, 15) is 0 Å². The van der Waals surface area contributed by atoms with Crippen LogP contribution in [0.4, 0.5) is 0 Å². The molecule has 0 aliphatic carbocycles. The van der Waals surface area contributed by atoms with Crippen LogP contribution < -0.4 is 11.5 Å². The normalized spacial score (nSPS) is 17.1. The zero-order valence-corrected chi connectivity index (χ0v) is 9.82. The summed E-state index contributed by atoms with van der Waals surface area (Å²) < 4.78 is 0. The monoisotopic (exact) mass is 206 g/mol. The highest BCUT2D eigenvalue weighted by Crippen LogP contribution is 2.36. The first kappa shape index (κ1) is 13.2. The third kappa shape index (κ3) is 4.84. The molecule has 1 atom stereocenters. The fourth-order valence-corrected chi connectivity index (χ4v) is 1.91. The van der Waals surface area contributed by atoms with Crippen LogP contribution >= 0.6 is 11.6 Å². The van der Waals surface area contributed by atoms with E-state index in [0.717, 1.165) is 12.8 Å². The first-order chi connectivity index (χ1) is 5.89. The highest BCUT2D eigenvalue weighted by atomic mass is 35.5. The van der Waals surface area contributed by atoms with Gasteiger partial charge in [0.15, 0.2) is 0 Å². The van der Waals surface area contributed by atoms with Gasteiger partial charge in [0.05, 0.1) is 0 Å². The highest BCUT2D eigenvalue weighted by Gasteiger charge is 2.30. The molecule has 0 bridgehead atoms. The Bertz CT molecular complexity index is 148. The van der Waals surface area contributed by atoms with Gasteiger partial charge in [0, 0.05) is 5.88 Å². The maximum absolute atomic E-state index is 5.88. The van der Waals surface area contributed by atoms with Gasteiger partial charge in [0.1, 0.15) is 0 Å². The van der Waals surface area contributed by atoms with Crippen LogP contribution in [0.5, 0.6) is 0 Å². The van der Waals surface area contributed by atoms with Crippen LogP contribution in [0.3, 0.4) is 0 Å². The van der Waals surface area contributed by atoms with Gasteiger partial charge in [-0.05, 0) is 36.8 Å². The summed E-state index contributed by atoms with van der Waals surface area (Å²) in [6.45, 7) is 7.92. The van der Waals surface area contributed by atoms with Gasteiger partial charge >= 0.3 is 0 Å². The van der Waals surface area contributed by atoms with Gasteiger partial charge in [-0.25, -0.2) is 0 Å². The molecule has 80 valence electrons. The molecule has 0 aliphatic heterocycles. The van der Waals surface area contributed by atoms with Crippen molar-refractivity contribution in [2.45, 2.75) is 33.6 Å². The Kier molecular flexibility index (Phi) is 5.26. The van der Waals surface area contributed by atoms with Crippen molar-refractivity contribution in [3.8, 4) is 0 Å². The summed E-state index contributed by atoms with van der Waals surface area (Å²) in [4.78, 5) is 0. The number of nitrogens with two attached hydrogens (primary N) is 2. The van der Waals surface area contributed by atoms with E-state index in [2.05, 4.69) is 20.8 Å². The second kappa shape index (κ2) is 5.18. The van der Waals surface area contributed by atoms with Crippen molar-refractivity contribution in [2.75, 3.05) is 19.0 Å². The maximum atomic E-state index is 5.88. The summed E-state index contributed by atoms with van der Waals surface area (Å²) in [5.74, 6) is 0.674. The topological polar surface area (TPSA) is 52.0 Å². The standard InChI is InChI=1S/C10H23ClN2/c1-9(2,7-11)6-10(3,8-13)4-5-12/h4-8,12-13H2,1-3H3. The minimum atomic E-state index is 0.146. The Hall–Kier alpha value is 0.210. The molecule has 13 heavy (non-hydrogen) atoms. The summed E-state index contributed by atoms with van der Waals surface area (Å²) in [5, 5.41) is 0. The molecule has 0 saturated carbocycles. The number of alkyl halides is 1. The van der Waals surface area contributed by atoms with Crippen LogP contribution in [-0.2, 0) is 0 Å². The van der Waals surface area contributed by atoms with Crippen LogP contribution in [0, 0.1) is 10.8 Å². The summed E-state index contributed by atoms with van der Waals surface area (Å²) >= 11 is 5.88. The van der Waals surface area contributed by atoms with Gasteiger partial charge in [0.2, 0.25) is 0 Å². The molecular weight excluding hydrogens is 184 g/mol. The molecule has 1 unspecified atom stereocenters. The Labute approximate surface area is 87.0 Å². The Morgan fingerprint density at radius 1 is 1.15 bits per heavy atom. The van der Waals surface area contributed by atoms with E-state index >= 15 is 0 Å². The van der Waals surface area contributed by atoms with E-state index < -0.39 is 0 Å². The molecule has 0 saturated heterocycles. The number of hydrogen-bond acceptors (Lipinski definition) is 2. The molecule has 0 aliphatic rings. The second-order valence-corrected chi connectivity index (χ2v) is 5.30. The average Bonchev–Trinajstić information content (AvgIpc) is 2.04. The first-order valence-electron chi connectivity index (χ1n) is 4.85. The fraction of sp³-hybridized carbons (Fsp3) is 1.00. The van der Waals surface area contributed by atoms with Gasteiger partial charge in [-0.1, -0.05) is 20.8 Å². The van der Waals surface area contributed by atoms with Crippen molar-refractivity contribution < 1.29 is 0 Å². The quantitative estimate of drug-likeness (QED) is 0.653. The predicted molar refractivity (Wildman–Crippen MR) is 60.0 cm³/mol. The Balaban J connectivity index is 4.25. The molecule has 0 aromatic rings. The van der Waals surface area contributed by atoms with Crippen molar-refractivity contribution >= 4 is 11.6 Å². The largest absolute Gasteiger partial charge is 0.330 e. The Morgan fingerprint density at radius 2 is 1.69 bits per heavy atom. The highest BCUT2D eigenvalue weighted by molar-refractivity contribution is 6.18. The molecule has 0 spiro atoms.